The Bertz CT molecular complexity index is 417. The second kappa shape index (κ2) is 3.17. The van der Waals surface area contributed by atoms with Crippen molar-refractivity contribution in [3.8, 4) is 0 Å². The fourth-order valence-electron chi connectivity index (χ4n) is 1.41. The van der Waals surface area contributed by atoms with Crippen molar-refractivity contribution >= 4 is 5.65 Å². The first-order chi connectivity index (χ1) is 6.31. The van der Waals surface area contributed by atoms with Crippen LogP contribution in [0, 0.1) is 6.92 Å². The maximum atomic E-state index is 4.45. The summed E-state index contributed by atoms with van der Waals surface area (Å²) in [5.41, 5.74) is 2.16. The van der Waals surface area contributed by atoms with Crippen LogP contribution in [0.15, 0.2) is 18.3 Å². The molecule has 0 bridgehead atoms. The summed E-state index contributed by atoms with van der Waals surface area (Å²) in [5.74, 6) is 0.941. The number of fused-ring (bicyclic) bond motifs is 1. The molecule has 2 rings (SSSR count). The van der Waals surface area contributed by atoms with Crippen molar-refractivity contribution < 1.29 is 0 Å². The third-order valence-electron chi connectivity index (χ3n) is 2.07. The lowest BCUT2D eigenvalue weighted by molar-refractivity contribution is 0.818. The van der Waals surface area contributed by atoms with Gasteiger partial charge in [0.2, 0.25) is 0 Å². The molecule has 0 radical (unpaired) electrons. The molecular formula is C10H13N3. The summed E-state index contributed by atoms with van der Waals surface area (Å²) in [4.78, 5) is 4.45. The molecule has 0 spiro atoms. The van der Waals surface area contributed by atoms with Gasteiger partial charge in [0.1, 0.15) is 0 Å². The summed E-state index contributed by atoms with van der Waals surface area (Å²) in [6.07, 6.45) is 3.99. The largest absolute Gasteiger partial charge is 0.221 e. The summed E-state index contributed by atoms with van der Waals surface area (Å²) >= 11 is 0. The summed E-state index contributed by atoms with van der Waals surface area (Å²) < 4.78 is 1.85. The SMILES string of the molecule is CCCc1nc2c(C)cccn2n1. The molecule has 0 fully saturated rings. The van der Waals surface area contributed by atoms with Gasteiger partial charge >= 0.3 is 0 Å². The Kier molecular flexibility index (Phi) is 2.00. The summed E-state index contributed by atoms with van der Waals surface area (Å²) in [6.45, 7) is 4.19. The van der Waals surface area contributed by atoms with E-state index >= 15 is 0 Å². The third kappa shape index (κ3) is 1.41. The number of hydrogen-bond acceptors (Lipinski definition) is 2. The molecule has 0 aliphatic heterocycles. The van der Waals surface area contributed by atoms with Crippen molar-refractivity contribution in [3.05, 3.63) is 29.7 Å². The fourth-order valence-corrected chi connectivity index (χ4v) is 1.41. The van der Waals surface area contributed by atoms with Crippen molar-refractivity contribution in [1.82, 2.24) is 14.6 Å². The smallest absolute Gasteiger partial charge is 0.158 e. The maximum absolute atomic E-state index is 4.45. The van der Waals surface area contributed by atoms with Gasteiger partial charge in [0.05, 0.1) is 0 Å². The maximum Gasteiger partial charge on any atom is 0.158 e. The number of rotatable bonds is 2. The van der Waals surface area contributed by atoms with Gasteiger partial charge in [-0.25, -0.2) is 9.50 Å². The van der Waals surface area contributed by atoms with Gasteiger partial charge in [0, 0.05) is 12.6 Å². The van der Waals surface area contributed by atoms with Crippen LogP contribution in [0.3, 0.4) is 0 Å². The zero-order chi connectivity index (χ0) is 9.26. The molecule has 68 valence electrons. The number of aromatic nitrogens is 3. The molecule has 0 unspecified atom stereocenters. The van der Waals surface area contributed by atoms with Gasteiger partial charge in [-0.1, -0.05) is 13.0 Å². The number of aryl methyl sites for hydroxylation is 2. The predicted molar refractivity (Wildman–Crippen MR) is 51.7 cm³/mol. The van der Waals surface area contributed by atoms with Gasteiger partial charge in [-0.2, -0.15) is 5.10 Å². The lowest BCUT2D eigenvalue weighted by atomic mass is 10.3. The molecule has 2 aromatic heterocycles. The third-order valence-corrected chi connectivity index (χ3v) is 2.07. The first-order valence-electron chi connectivity index (χ1n) is 4.62. The number of nitrogens with zero attached hydrogens (tertiary/aromatic N) is 3. The molecule has 0 aliphatic rings. The molecule has 0 aromatic carbocycles. The van der Waals surface area contributed by atoms with E-state index in [0.717, 1.165) is 24.3 Å². The predicted octanol–water partition coefficient (Wildman–Crippen LogP) is 1.99. The van der Waals surface area contributed by atoms with Gasteiger partial charge in [-0.15, -0.1) is 0 Å². The Morgan fingerprint density at radius 1 is 1.46 bits per heavy atom. The average Bonchev–Trinajstić information content (AvgIpc) is 2.49. The van der Waals surface area contributed by atoms with Gasteiger partial charge < -0.3 is 0 Å². The Morgan fingerprint density at radius 3 is 3.00 bits per heavy atom. The normalized spacial score (nSPS) is 10.9. The van der Waals surface area contributed by atoms with Crippen LogP contribution in [0.1, 0.15) is 24.7 Å². The van der Waals surface area contributed by atoms with Gasteiger partial charge in [0.15, 0.2) is 11.5 Å². The van der Waals surface area contributed by atoms with E-state index in [1.165, 1.54) is 5.56 Å². The minimum atomic E-state index is 0.941. The monoisotopic (exact) mass is 175 g/mol. The highest BCUT2D eigenvalue weighted by Crippen LogP contribution is 2.07. The van der Waals surface area contributed by atoms with Crippen LogP contribution in [0.2, 0.25) is 0 Å². The van der Waals surface area contributed by atoms with E-state index in [-0.39, 0.29) is 0 Å². The molecular weight excluding hydrogens is 162 g/mol. The molecule has 3 nitrogen and oxygen atoms in total. The zero-order valence-electron chi connectivity index (χ0n) is 7.99. The molecule has 3 heteroatoms. The molecule has 0 aliphatic carbocycles. The lowest BCUT2D eigenvalue weighted by Crippen LogP contribution is -1.88. The van der Waals surface area contributed by atoms with Crippen molar-refractivity contribution in [2.24, 2.45) is 0 Å². The van der Waals surface area contributed by atoms with Crippen LogP contribution < -0.4 is 0 Å². The zero-order valence-corrected chi connectivity index (χ0v) is 7.99. The van der Waals surface area contributed by atoms with Gasteiger partial charge in [-0.05, 0) is 25.0 Å². The lowest BCUT2D eigenvalue weighted by Gasteiger charge is -1.92. The minimum absolute atomic E-state index is 0.941. The molecule has 13 heavy (non-hydrogen) atoms. The van der Waals surface area contributed by atoms with Crippen LogP contribution in [0.25, 0.3) is 5.65 Å². The van der Waals surface area contributed by atoms with E-state index in [1.54, 1.807) is 0 Å². The average molecular weight is 175 g/mol. The molecule has 0 N–H and O–H groups in total. The van der Waals surface area contributed by atoms with Crippen LogP contribution in [-0.2, 0) is 6.42 Å². The van der Waals surface area contributed by atoms with E-state index < -0.39 is 0 Å². The summed E-state index contributed by atoms with van der Waals surface area (Å²) in [7, 11) is 0. The van der Waals surface area contributed by atoms with Gasteiger partial charge in [0.25, 0.3) is 0 Å². The number of hydrogen-bond donors (Lipinski definition) is 0. The highest BCUT2D eigenvalue weighted by molar-refractivity contribution is 5.45. The first kappa shape index (κ1) is 8.23. The molecule has 0 atom stereocenters. The van der Waals surface area contributed by atoms with E-state index in [4.69, 9.17) is 0 Å². The molecule has 2 aromatic rings. The molecule has 0 saturated heterocycles. The molecule has 2 heterocycles. The van der Waals surface area contributed by atoms with E-state index in [2.05, 4.69) is 30.0 Å². The van der Waals surface area contributed by atoms with Crippen molar-refractivity contribution in [3.63, 3.8) is 0 Å². The standard InChI is InChI=1S/C10H13N3/c1-3-5-9-11-10-8(2)6-4-7-13(10)12-9/h4,6-7H,3,5H2,1-2H3. The topological polar surface area (TPSA) is 30.2 Å². The Balaban J connectivity index is 2.55. The van der Waals surface area contributed by atoms with Crippen LogP contribution in [0.4, 0.5) is 0 Å². The second-order valence-electron chi connectivity index (χ2n) is 3.24. The highest BCUT2D eigenvalue weighted by Gasteiger charge is 2.03. The minimum Gasteiger partial charge on any atom is -0.221 e. The Labute approximate surface area is 77.4 Å². The second-order valence-corrected chi connectivity index (χ2v) is 3.24. The van der Waals surface area contributed by atoms with Crippen molar-refractivity contribution in [2.75, 3.05) is 0 Å². The fraction of sp³-hybridized carbons (Fsp3) is 0.400. The van der Waals surface area contributed by atoms with E-state index in [0.29, 0.717) is 0 Å². The van der Waals surface area contributed by atoms with Gasteiger partial charge in [-0.3, -0.25) is 0 Å². The van der Waals surface area contributed by atoms with E-state index in [9.17, 15) is 0 Å². The Hall–Kier alpha value is -1.38. The van der Waals surface area contributed by atoms with Crippen molar-refractivity contribution in [2.45, 2.75) is 26.7 Å². The first-order valence-corrected chi connectivity index (χ1v) is 4.62. The van der Waals surface area contributed by atoms with E-state index in [1.807, 2.05) is 16.8 Å². The highest BCUT2D eigenvalue weighted by atomic mass is 15.3. The van der Waals surface area contributed by atoms with Crippen LogP contribution in [0.5, 0.6) is 0 Å². The molecule has 0 saturated carbocycles. The van der Waals surface area contributed by atoms with Crippen LogP contribution in [-0.4, -0.2) is 14.6 Å². The quantitative estimate of drug-likeness (QED) is 0.698. The number of pyridine rings is 1. The molecule has 0 amide bonds. The Morgan fingerprint density at radius 2 is 2.31 bits per heavy atom. The van der Waals surface area contributed by atoms with Crippen LogP contribution >= 0.6 is 0 Å². The summed E-state index contributed by atoms with van der Waals surface area (Å²) in [6, 6.07) is 4.05. The summed E-state index contributed by atoms with van der Waals surface area (Å²) in [5, 5.41) is 4.37. The van der Waals surface area contributed by atoms with Crippen molar-refractivity contribution in [1.29, 1.82) is 0 Å².